The van der Waals surface area contributed by atoms with Crippen LogP contribution in [0.5, 0.6) is 0 Å². The van der Waals surface area contributed by atoms with Gasteiger partial charge in [0.15, 0.2) is 0 Å². The van der Waals surface area contributed by atoms with E-state index in [1.165, 1.54) is 0 Å². The molecule has 112 valence electrons. The summed E-state index contributed by atoms with van der Waals surface area (Å²) in [5, 5.41) is 18.4. The van der Waals surface area contributed by atoms with Gasteiger partial charge in [0.1, 0.15) is 6.04 Å². The maximum Gasteiger partial charge on any atom is 0.326 e. The Morgan fingerprint density at radius 1 is 1.32 bits per heavy atom. The molecule has 0 aliphatic rings. The molecule has 0 aromatic rings. The minimum absolute atomic E-state index is 0.113. The Hall–Kier alpha value is -1.35. The second-order valence-electron chi connectivity index (χ2n) is 4.15. The lowest BCUT2D eigenvalue weighted by atomic mass is 10.1. The van der Waals surface area contributed by atoms with Crippen LogP contribution in [0.15, 0.2) is 0 Å². The van der Waals surface area contributed by atoms with Crippen molar-refractivity contribution >= 4 is 22.0 Å². The number of amides is 2. The highest BCUT2D eigenvalue weighted by Gasteiger charge is 2.18. The first-order valence-corrected chi connectivity index (χ1v) is 7.75. The summed E-state index contributed by atoms with van der Waals surface area (Å²) in [6, 6.07) is -1.56. The first-order chi connectivity index (χ1) is 8.76. The molecule has 0 rings (SSSR count). The van der Waals surface area contributed by atoms with Gasteiger partial charge in [0.2, 0.25) is 10.0 Å². The van der Waals surface area contributed by atoms with E-state index in [0.717, 1.165) is 6.42 Å². The Morgan fingerprint density at radius 2 is 1.95 bits per heavy atom. The SMILES string of the molecule is CCCCC(NC(=O)NCCCS(N)(=O)=O)C(=O)O. The zero-order valence-corrected chi connectivity index (χ0v) is 11.7. The molecule has 5 N–H and O–H groups in total. The number of carbonyl (C=O) groups excluding carboxylic acids is 1. The molecule has 0 radical (unpaired) electrons. The average Bonchev–Trinajstić information content (AvgIpc) is 2.28. The van der Waals surface area contributed by atoms with Crippen LogP contribution in [0.4, 0.5) is 4.79 Å². The number of hydrogen-bond donors (Lipinski definition) is 4. The third-order valence-corrected chi connectivity index (χ3v) is 3.20. The molecular formula is C10H21N3O5S. The Balaban J connectivity index is 3.96. The molecule has 0 heterocycles. The molecule has 0 aromatic heterocycles. The van der Waals surface area contributed by atoms with Crippen LogP contribution in [0.1, 0.15) is 32.6 Å². The van der Waals surface area contributed by atoms with Gasteiger partial charge in [-0.05, 0) is 12.8 Å². The van der Waals surface area contributed by atoms with Gasteiger partial charge < -0.3 is 15.7 Å². The lowest BCUT2D eigenvalue weighted by Crippen LogP contribution is -2.46. The standard InChI is InChI=1S/C10H21N3O5S/c1-2-3-5-8(9(14)15)13-10(16)12-6-4-7-19(11,17)18/h8H,2-7H2,1H3,(H,14,15)(H2,11,17,18)(H2,12,13,16). The first kappa shape index (κ1) is 17.6. The average molecular weight is 295 g/mol. The van der Waals surface area contributed by atoms with Crippen molar-refractivity contribution in [3.05, 3.63) is 0 Å². The second-order valence-corrected chi connectivity index (χ2v) is 5.89. The predicted octanol–water partition coefficient (Wildman–Crippen LogP) is -0.392. The molecule has 19 heavy (non-hydrogen) atoms. The van der Waals surface area contributed by atoms with E-state index < -0.39 is 28.1 Å². The number of urea groups is 1. The molecule has 8 nitrogen and oxygen atoms in total. The van der Waals surface area contributed by atoms with Gasteiger partial charge in [-0.2, -0.15) is 0 Å². The molecule has 1 atom stereocenters. The third-order valence-electron chi connectivity index (χ3n) is 2.34. The number of sulfonamides is 1. The van der Waals surface area contributed by atoms with E-state index in [1.54, 1.807) is 0 Å². The van der Waals surface area contributed by atoms with Crippen molar-refractivity contribution in [2.45, 2.75) is 38.6 Å². The van der Waals surface area contributed by atoms with E-state index in [2.05, 4.69) is 10.6 Å². The van der Waals surface area contributed by atoms with Crippen molar-refractivity contribution in [1.29, 1.82) is 0 Å². The van der Waals surface area contributed by atoms with Gasteiger partial charge in [-0.25, -0.2) is 23.1 Å². The Labute approximate surface area is 112 Å². The van der Waals surface area contributed by atoms with Gasteiger partial charge in [-0.1, -0.05) is 19.8 Å². The maximum absolute atomic E-state index is 11.4. The van der Waals surface area contributed by atoms with Gasteiger partial charge >= 0.3 is 12.0 Å². The Morgan fingerprint density at radius 3 is 2.42 bits per heavy atom. The monoisotopic (exact) mass is 295 g/mol. The summed E-state index contributed by atoms with van der Waals surface area (Å²) >= 11 is 0. The number of rotatable bonds is 9. The zero-order valence-electron chi connectivity index (χ0n) is 10.9. The van der Waals surface area contributed by atoms with Gasteiger partial charge in [-0.15, -0.1) is 0 Å². The molecule has 0 saturated carbocycles. The highest BCUT2D eigenvalue weighted by molar-refractivity contribution is 7.89. The predicted molar refractivity (Wildman–Crippen MR) is 70.1 cm³/mol. The number of aliphatic carboxylic acids is 1. The van der Waals surface area contributed by atoms with Crippen molar-refractivity contribution in [1.82, 2.24) is 10.6 Å². The molecule has 0 aromatic carbocycles. The van der Waals surface area contributed by atoms with Crippen molar-refractivity contribution in [3.8, 4) is 0 Å². The number of carboxylic acid groups (broad SMARTS) is 1. The summed E-state index contributed by atoms with van der Waals surface area (Å²) < 4.78 is 21.3. The maximum atomic E-state index is 11.4. The molecule has 0 fully saturated rings. The van der Waals surface area contributed by atoms with Crippen LogP contribution >= 0.6 is 0 Å². The summed E-state index contributed by atoms with van der Waals surface area (Å²) in [4.78, 5) is 22.2. The van der Waals surface area contributed by atoms with Crippen LogP contribution in [-0.2, 0) is 14.8 Å². The number of nitrogens with two attached hydrogens (primary N) is 1. The largest absolute Gasteiger partial charge is 0.480 e. The summed E-state index contributed by atoms with van der Waals surface area (Å²) in [7, 11) is -3.54. The smallest absolute Gasteiger partial charge is 0.326 e. The quantitative estimate of drug-likeness (QED) is 0.429. The van der Waals surface area contributed by atoms with E-state index in [4.69, 9.17) is 10.2 Å². The van der Waals surface area contributed by atoms with Crippen molar-refractivity contribution in [2.75, 3.05) is 12.3 Å². The van der Waals surface area contributed by atoms with E-state index >= 15 is 0 Å². The zero-order chi connectivity index (χ0) is 14.9. The number of hydrogen-bond acceptors (Lipinski definition) is 4. The summed E-state index contributed by atoms with van der Waals surface area (Å²) in [6.07, 6.45) is 2.07. The molecule has 0 aliphatic heterocycles. The van der Waals surface area contributed by atoms with Crippen LogP contribution in [0, 0.1) is 0 Å². The minimum atomic E-state index is -3.54. The Kier molecular flexibility index (Phi) is 8.08. The second kappa shape index (κ2) is 8.70. The van der Waals surface area contributed by atoms with Crippen molar-refractivity contribution in [3.63, 3.8) is 0 Å². The molecular weight excluding hydrogens is 274 g/mol. The molecule has 0 spiro atoms. The van der Waals surface area contributed by atoms with Gasteiger partial charge in [-0.3, -0.25) is 0 Å². The van der Waals surface area contributed by atoms with Crippen LogP contribution in [0.3, 0.4) is 0 Å². The third kappa shape index (κ3) is 10.3. The topological polar surface area (TPSA) is 139 Å². The fourth-order valence-electron chi connectivity index (χ4n) is 1.35. The molecule has 0 bridgehead atoms. The van der Waals surface area contributed by atoms with E-state index in [0.29, 0.717) is 12.8 Å². The Bertz CT molecular complexity index is 396. The molecule has 1 unspecified atom stereocenters. The number of carboxylic acids is 1. The summed E-state index contributed by atoms with van der Waals surface area (Å²) in [6.45, 7) is 2.04. The van der Waals surface area contributed by atoms with E-state index in [1.807, 2.05) is 6.92 Å². The van der Waals surface area contributed by atoms with Gasteiger partial charge in [0, 0.05) is 6.54 Å². The first-order valence-electron chi connectivity index (χ1n) is 6.04. The molecule has 0 saturated heterocycles. The number of unbranched alkanes of at least 4 members (excludes halogenated alkanes) is 1. The lowest BCUT2D eigenvalue weighted by molar-refractivity contribution is -0.139. The minimum Gasteiger partial charge on any atom is -0.480 e. The summed E-state index contributed by atoms with van der Waals surface area (Å²) in [5.41, 5.74) is 0. The number of nitrogens with one attached hydrogen (secondary N) is 2. The fourth-order valence-corrected chi connectivity index (χ4v) is 1.90. The van der Waals surface area contributed by atoms with Crippen molar-refractivity contribution < 1.29 is 23.1 Å². The lowest BCUT2D eigenvalue weighted by Gasteiger charge is -2.14. The van der Waals surface area contributed by atoms with Crippen LogP contribution in [0.2, 0.25) is 0 Å². The van der Waals surface area contributed by atoms with E-state index in [9.17, 15) is 18.0 Å². The van der Waals surface area contributed by atoms with Gasteiger partial charge in [0.25, 0.3) is 0 Å². The van der Waals surface area contributed by atoms with Crippen LogP contribution in [-0.4, -0.2) is 43.9 Å². The molecule has 9 heteroatoms. The van der Waals surface area contributed by atoms with Crippen LogP contribution in [0.25, 0.3) is 0 Å². The van der Waals surface area contributed by atoms with Crippen LogP contribution < -0.4 is 15.8 Å². The molecule has 0 aliphatic carbocycles. The highest BCUT2D eigenvalue weighted by Crippen LogP contribution is 2.00. The molecule has 2 amide bonds. The van der Waals surface area contributed by atoms with E-state index in [-0.39, 0.29) is 18.7 Å². The number of carbonyl (C=O) groups is 2. The van der Waals surface area contributed by atoms with Crippen molar-refractivity contribution in [2.24, 2.45) is 5.14 Å². The number of primary sulfonamides is 1. The summed E-state index contributed by atoms with van der Waals surface area (Å²) in [5.74, 6) is -1.32. The fraction of sp³-hybridized carbons (Fsp3) is 0.800. The highest BCUT2D eigenvalue weighted by atomic mass is 32.2. The van der Waals surface area contributed by atoms with Gasteiger partial charge in [0.05, 0.1) is 5.75 Å². The normalized spacial score (nSPS) is 12.7.